The van der Waals surface area contributed by atoms with Gasteiger partial charge in [-0.3, -0.25) is 0 Å². The van der Waals surface area contributed by atoms with Gasteiger partial charge < -0.3 is 5.73 Å². The summed E-state index contributed by atoms with van der Waals surface area (Å²) in [6.45, 7) is 3.60. The van der Waals surface area contributed by atoms with Crippen LogP contribution in [-0.2, 0) is 0 Å². The maximum absolute atomic E-state index is 5.56. The molecule has 0 amide bonds. The van der Waals surface area contributed by atoms with Crippen LogP contribution in [0.1, 0.15) is 12.8 Å². The minimum Gasteiger partial charge on any atom is -0.324 e. The van der Waals surface area contributed by atoms with E-state index in [1.807, 2.05) is 6.08 Å². The molecule has 48 valence electrons. The van der Waals surface area contributed by atoms with Crippen LogP contribution in [0.4, 0.5) is 0 Å². The molecule has 0 aliphatic heterocycles. The molecule has 1 fully saturated rings. The van der Waals surface area contributed by atoms with Crippen molar-refractivity contribution in [1.82, 2.24) is 0 Å². The van der Waals surface area contributed by atoms with Crippen LogP contribution in [0.15, 0.2) is 12.7 Å². The molecule has 1 aliphatic rings. The molecule has 0 heterocycles. The molecular formula is C6H12ClN. The average molecular weight is 134 g/mol. The van der Waals surface area contributed by atoms with E-state index in [1.54, 1.807) is 0 Å². The van der Waals surface area contributed by atoms with Crippen LogP contribution in [0.25, 0.3) is 0 Å². The van der Waals surface area contributed by atoms with Gasteiger partial charge in [0.2, 0.25) is 0 Å². The lowest BCUT2D eigenvalue weighted by molar-refractivity contribution is 0.712. The normalized spacial score (nSPS) is 21.1. The van der Waals surface area contributed by atoms with E-state index in [4.69, 9.17) is 5.73 Å². The highest BCUT2D eigenvalue weighted by atomic mass is 35.5. The number of hydrogen-bond acceptors (Lipinski definition) is 1. The summed E-state index contributed by atoms with van der Waals surface area (Å²) < 4.78 is 0. The SMILES string of the molecule is C=CC(N)C1CC1.Cl. The Morgan fingerprint density at radius 3 is 2.25 bits per heavy atom. The summed E-state index contributed by atoms with van der Waals surface area (Å²) in [5, 5.41) is 0. The van der Waals surface area contributed by atoms with Crippen molar-refractivity contribution in [2.45, 2.75) is 18.9 Å². The summed E-state index contributed by atoms with van der Waals surface area (Å²) in [5.41, 5.74) is 5.56. The third-order valence-corrected chi connectivity index (χ3v) is 1.44. The highest BCUT2D eigenvalue weighted by Crippen LogP contribution is 2.31. The van der Waals surface area contributed by atoms with E-state index in [0.717, 1.165) is 5.92 Å². The fourth-order valence-corrected chi connectivity index (χ4v) is 0.674. The lowest BCUT2D eigenvalue weighted by Crippen LogP contribution is -2.18. The van der Waals surface area contributed by atoms with Crippen molar-refractivity contribution in [3.05, 3.63) is 12.7 Å². The first-order chi connectivity index (χ1) is 3.34. The van der Waals surface area contributed by atoms with Crippen molar-refractivity contribution < 1.29 is 0 Å². The first-order valence-corrected chi connectivity index (χ1v) is 2.72. The molecule has 1 nitrogen and oxygen atoms in total. The molecule has 0 bridgehead atoms. The Balaban J connectivity index is 0.000000490. The number of rotatable bonds is 2. The van der Waals surface area contributed by atoms with Gasteiger partial charge in [0.05, 0.1) is 0 Å². The van der Waals surface area contributed by atoms with Gasteiger partial charge in [-0.1, -0.05) is 6.08 Å². The van der Waals surface area contributed by atoms with Crippen molar-refractivity contribution in [1.29, 1.82) is 0 Å². The summed E-state index contributed by atoms with van der Waals surface area (Å²) in [5.74, 6) is 0.775. The van der Waals surface area contributed by atoms with Crippen LogP contribution >= 0.6 is 12.4 Å². The monoisotopic (exact) mass is 133 g/mol. The molecule has 2 N–H and O–H groups in total. The molecule has 0 aromatic heterocycles. The van der Waals surface area contributed by atoms with Crippen molar-refractivity contribution in [2.75, 3.05) is 0 Å². The van der Waals surface area contributed by atoms with Gasteiger partial charge in [-0.25, -0.2) is 0 Å². The van der Waals surface area contributed by atoms with Crippen LogP contribution in [-0.4, -0.2) is 6.04 Å². The Bertz CT molecular complexity index is 78.6. The zero-order chi connectivity index (χ0) is 5.28. The first-order valence-electron chi connectivity index (χ1n) is 2.72. The van der Waals surface area contributed by atoms with E-state index in [0.29, 0.717) is 0 Å². The lowest BCUT2D eigenvalue weighted by atomic mass is 10.2. The zero-order valence-electron chi connectivity index (χ0n) is 4.84. The molecule has 0 saturated heterocycles. The van der Waals surface area contributed by atoms with Crippen LogP contribution in [0, 0.1) is 5.92 Å². The summed E-state index contributed by atoms with van der Waals surface area (Å²) in [6, 6.07) is 0.278. The van der Waals surface area contributed by atoms with Gasteiger partial charge in [0.15, 0.2) is 0 Å². The average Bonchev–Trinajstić information content (AvgIpc) is 2.44. The van der Waals surface area contributed by atoms with Crippen LogP contribution in [0.3, 0.4) is 0 Å². The molecule has 0 spiro atoms. The highest BCUT2D eigenvalue weighted by Gasteiger charge is 2.25. The Kier molecular flexibility index (Phi) is 3.10. The van der Waals surface area contributed by atoms with Crippen molar-refractivity contribution in [3.63, 3.8) is 0 Å². The van der Waals surface area contributed by atoms with E-state index in [1.165, 1.54) is 12.8 Å². The number of hydrogen-bond donors (Lipinski definition) is 1. The first kappa shape index (κ1) is 7.99. The summed E-state index contributed by atoms with van der Waals surface area (Å²) >= 11 is 0. The number of halogens is 1. The Morgan fingerprint density at radius 2 is 2.12 bits per heavy atom. The summed E-state index contributed by atoms with van der Waals surface area (Å²) in [6.07, 6.45) is 4.46. The van der Waals surface area contributed by atoms with Crippen LogP contribution in [0.5, 0.6) is 0 Å². The molecule has 0 aromatic rings. The molecule has 0 aromatic carbocycles. The fraction of sp³-hybridized carbons (Fsp3) is 0.667. The second-order valence-electron chi connectivity index (χ2n) is 2.15. The summed E-state index contributed by atoms with van der Waals surface area (Å²) in [7, 11) is 0. The second-order valence-corrected chi connectivity index (χ2v) is 2.15. The zero-order valence-corrected chi connectivity index (χ0v) is 5.66. The van der Waals surface area contributed by atoms with Crippen molar-refractivity contribution in [2.24, 2.45) is 11.7 Å². The minimum absolute atomic E-state index is 0. The predicted molar refractivity (Wildman–Crippen MR) is 38.1 cm³/mol. The van der Waals surface area contributed by atoms with E-state index >= 15 is 0 Å². The highest BCUT2D eigenvalue weighted by molar-refractivity contribution is 5.85. The van der Waals surface area contributed by atoms with Gasteiger partial charge in [0.1, 0.15) is 0 Å². The van der Waals surface area contributed by atoms with Crippen molar-refractivity contribution >= 4 is 12.4 Å². The Hall–Kier alpha value is -0.0100. The maximum Gasteiger partial charge on any atom is 0.0249 e. The quantitative estimate of drug-likeness (QED) is 0.566. The van der Waals surface area contributed by atoms with Crippen LogP contribution in [0.2, 0.25) is 0 Å². The molecule has 2 heteroatoms. The van der Waals surface area contributed by atoms with E-state index in [9.17, 15) is 0 Å². The molecule has 1 atom stereocenters. The minimum atomic E-state index is 0. The van der Waals surface area contributed by atoms with E-state index < -0.39 is 0 Å². The van der Waals surface area contributed by atoms with E-state index in [2.05, 4.69) is 6.58 Å². The van der Waals surface area contributed by atoms with Gasteiger partial charge in [0, 0.05) is 6.04 Å². The molecule has 1 unspecified atom stereocenters. The third-order valence-electron chi connectivity index (χ3n) is 1.44. The molecule has 1 saturated carbocycles. The van der Waals surface area contributed by atoms with Gasteiger partial charge in [-0.05, 0) is 18.8 Å². The summed E-state index contributed by atoms with van der Waals surface area (Å²) in [4.78, 5) is 0. The Morgan fingerprint density at radius 1 is 1.62 bits per heavy atom. The Labute approximate surface area is 56.4 Å². The third kappa shape index (κ3) is 1.85. The molecule has 0 radical (unpaired) electrons. The molecule has 1 rings (SSSR count). The maximum atomic E-state index is 5.56. The van der Waals surface area contributed by atoms with Crippen LogP contribution < -0.4 is 5.73 Å². The number of nitrogens with two attached hydrogens (primary N) is 1. The standard InChI is InChI=1S/C6H11N.ClH/c1-2-6(7)5-3-4-5;/h2,5-6H,1,3-4,7H2;1H. The van der Waals surface area contributed by atoms with Gasteiger partial charge >= 0.3 is 0 Å². The smallest absolute Gasteiger partial charge is 0.0249 e. The predicted octanol–water partition coefficient (Wildman–Crippen LogP) is 1.33. The van der Waals surface area contributed by atoms with Gasteiger partial charge in [-0.2, -0.15) is 0 Å². The van der Waals surface area contributed by atoms with Crippen molar-refractivity contribution in [3.8, 4) is 0 Å². The molecule has 8 heavy (non-hydrogen) atoms. The largest absolute Gasteiger partial charge is 0.324 e. The lowest BCUT2D eigenvalue weighted by Gasteiger charge is -1.98. The molecule has 1 aliphatic carbocycles. The second kappa shape index (κ2) is 3.10. The van der Waals surface area contributed by atoms with Gasteiger partial charge in [0.25, 0.3) is 0 Å². The topological polar surface area (TPSA) is 26.0 Å². The molecular weight excluding hydrogens is 122 g/mol. The fourth-order valence-electron chi connectivity index (χ4n) is 0.674. The van der Waals surface area contributed by atoms with E-state index in [-0.39, 0.29) is 18.4 Å². The van der Waals surface area contributed by atoms with Gasteiger partial charge in [-0.15, -0.1) is 19.0 Å².